The average molecular weight is 329 g/mol. The number of nitrogens with zero attached hydrogens (tertiary/aromatic N) is 3. The summed E-state index contributed by atoms with van der Waals surface area (Å²) in [4.78, 5) is 21.2. The molecular formula is C15H15N5O2S. The molecule has 0 fully saturated rings. The van der Waals surface area contributed by atoms with Crippen molar-refractivity contribution in [3.8, 4) is 10.7 Å². The molecule has 0 aliphatic heterocycles. The van der Waals surface area contributed by atoms with Crippen molar-refractivity contribution in [2.24, 2.45) is 0 Å². The van der Waals surface area contributed by atoms with Crippen molar-refractivity contribution in [3.63, 3.8) is 0 Å². The Hall–Kier alpha value is -2.74. The number of hydrogen-bond donors (Lipinski definition) is 2. The van der Waals surface area contributed by atoms with Crippen LogP contribution in [0.25, 0.3) is 10.7 Å². The van der Waals surface area contributed by atoms with Gasteiger partial charge in [-0.1, -0.05) is 6.07 Å². The van der Waals surface area contributed by atoms with Crippen LogP contribution in [-0.2, 0) is 11.3 Å². The van der Waals surface area contributed by atoms with E-state index in [1.165, 1.54) is 6.20 Å². The highest BCUT2D eigenvalue weighted by Crippen LogP contribution is 2.20. The van der Waals surface area contributed by atoms with Gasteiger partial charge in [-0.2, -0.15) is 5.10 Å². The van der Waals surface area contributed by atoms with E-state index in [4.69, 9.17) is 4.74 Å². The molecule has 7 nitrogen and oxygen atoms in total. The number of aromatic amines is 1. The highest BCUT2D eigenvalue weighted by atomic mass is 32.1. The Morgan fingerprint density at radius 2 is 2.30 bits per heavy atom. The van der Waals surface area contributed by atoms with Crippen LogP contribution in [0.2, 0.25) is 0 Å². The van der Waals surface area contributed by atoms with Gasteiger partial charge < -0.3 is 10.1 Å². The quantitative estimate of drug-likeness (QED) is 0.676. The number of ether oxygens (including phenoxy) is 1. The summed E-state index contributed by atoms with van der Waals surface area (Å²) in [6.07, 6.45) is 1.48. The zero-order valence-corrected chi connectivity index (χ0v) is 13.3. The van der Waals surface area contributed by atoms with Crippen molar-refractivity contribution in [1.29, 1.82) is 0 Å². The van der Waals surface area contributed by atoms with Crippen molar-refractivity contribution in [2.75, 3.05) is 11.9 Å². The molecule has 0 saturated carbocycles. The molecule has 0 amide bonds. The van der Waals surface area contributed by atoms with E-state index in [1.54, 1.807) is 30.4 Å². The standard InChI is InChI=1S/C15H15N5O2S/c1-2-22-15(21)10-5-6-12(16-8-10)17-9-13-18-14(20-19-13)11-4-3-7-23-11/h3-8H,2,9H2,1H3,(H,16,17)(H,18,19,20). The normalized spacial score (nSPS) is 10.5. The van der Waals surface area contributed by atoms with Crippen LogP contribution in [0.15, 0.2) is 35.8 Å². The number of rotatable bonds is 6. The third kappa shape index (κ3) is 3.72. The number of esters is 1. The minimum absolute atomic E-state index is 0.344. The molecule has 0 saturated heterocycles. The van der Waals surface area contributed by atoms with E-state index < -0.39 is 0 Å². The van der Waals surface area contributed by atoms with Gasteiger partial charge in [0, 0.05) is 6.20 Å². The van der Waals surface area contributed by atoms with Crippen molar-refractivity contribution in [1.82, 2.24) is 20.2 Å². The van der Waals surface area contributed by atoms with Gasteiger partial charge in [0.1, 0.15) is 11.6 Å². The number of aromatic nitrogens is 4. The number of hydrogen-bond acceptors (Lipinski definition) is 7. The second-order valence-corrected chi connectivity index (χ2v) is 5.54. The molecule has 0 bridgehead atoms. The molecule has 0 unspecified atom stereocenters. The van der Waals surface area contributed by atoms with Crippen LogP contribution in [0.5, 0.6) is 0 Å². The third-order valence-electron chi connectivity index (χ3n) is 2.98. The summed E-state index contributed by atoms with van der Waals surface area (Å²) in [6, 6.07) is 7.33. The molecule has 0 aliphatic rings. The van der Waals surface area contributed by atoms with Crippen molar-refractivity contribution < 1.29 is 9.53 Å². The van der Waals surface area contributed by atoms with Crippen LogP contribution < -0.4 is 5.32 Å². The van der Waals surface area contributed by atoms with E-state index in [9.17, 15) is 4.79 Å². The topological polar surface area (TPSA) is 92.8 Å². The zero-order chi connectivity index (χ0) is 16.1. The van der Waals surface area contributed by atoms with Crippen molar-refractivity contribution in [3.05, 3.63) is 47.2 Å². The van der Waals surface area contributed by atoms with Crippen LogP contribution in [0.1, 0.15) is 23.1 Å². The van der Waals surface area contributed by atoms with Gasteiger partial charge in [0.25, 0.3) is 0 Å². The third-order valence-corrected chi connectivity index (χ3v) is 3.85. The van der Waals surface area contributed by atoms with E-state index in [0.717, 1.165) is 4.88 Å². The predicted molar refractivity (Wildman–Crippen MR) is 87.2 cm³/mol. The van der Waals surface area contributed by atoms with Crippen LogP contribution >= 0.6 is 11.3 Å². The molecule has 0 radical (unpaired) electrons. The molecular weight excluding hydrogens is 314 g/mol. The molecule has 118 valence electrons. The molecule has 3 aromatic heterocycles. The minimum atomic E-state index is -0.373. The van der Waals surface area contributed by atoms with Gasteiger partial charge in [0.05, 0.1) is 23.6 Å². The number of carbonyl (C=O) groups is 1. The van der Waals surface area contributed by atoms with E-state index in [-0.39, 0.29) is 5.97 Å². The second-order valence-electron chi connectivity index (χ2n) is 4.59. The van der Waals surface area contributed by atoms with E-state index in [2.05, 4.69) is 25.5 Å². The summed E-state index contributed by atoms with van der Waals surface area (Å²) in [7, 11) is 0. The first-order chi connectivity index (χ1) is 11.3. The van der Waals surface area contributed by atoms with Crippen LogP contribution in [0.3, 0.4) is 0 Å². The molecule has 3 rings (SSSR count). The fourth-order valence-corrected chi connectivity index (χ4v) is 2.56. The maximum Gasteiger partial charge on any atom is 0.339 e. The van der Waals surface area contributed by atoms with Gasteiger partial charge in [-0.25, -0.2) is 14.8 Å². The lowest BCUT2D eigenvalue weighted by atomic mass is 10.3. The smallest absolute Gasteiger partial charge is 0.339 e. The molecule has 0 spiro atoms. The maximum atomic E-state index is 11.5. The lowest BCUT2D eigenvalue weighted by molar-refractivity contribution is 0.0526. The van der Waals surface area contributed by atoms with Crippen LogP contribution in [-0.4, -0.2) is 32.7 Å². The number of pyridine rings is 1. The van der Waals surface area contributed by atoms with E-state index in [0.29, 0.717) is 36.2 Å². The summed E-state index contributed by atoms with van der Waals surface area (Å²) in [5.74, 6) is 1.67. The summed E-state index contributed by atoms with van der Waals surface area (Å²) in [5, 5.41) is 12.2. The maximum absolute atomic E-state index is 11.5. The first-order valence-electron chi connectivity index (χ1n) is 7.08. The molecule has 2 N–H and O–H groups in total. The number of anilines is 1. The van der Waals surface area contributed by atoms with Gasteiger partial charge in [-0.15, -0.1) is 11.3 Å². The fourth-order valence-electron chi connectivity index (χ4n) is 1.90. The first-order valence-corrected chi connectivity index (χ1v) is 7.96. The zero-order valence-electron chi connectivity index (χ0n) is 12.4. The number of H-pyrrole nitrogens is 1. The molecule has 0 aliphatic carbocycles. The van der Waals surface area contributed by atoms with E-state index in [1.807, 2.05) is 17.5 Å². The molecule has 8 heteroatoms. The second kappa shape index (κ2) is 7.01. The number of carbonyl (C=O) groups excluding carboxylic acids is 1. The largest absolute Gasteiger partial charge is 0.462 e. The molecule has 0 atom stereocenters. The van der Waals surface area contributed by atoms with E-state index >= 15 is 0 Å². The highest BCUT2D eigenvalue weighted by Gasteiger charge is 2.08. The number of nitrogens with one attached hydrogen (secondary N) is 2. The van der Waals surface area contributed by atoms with Crippen molar-refractivity contribution in [2.45, 2.75) is 13.5 Å². The monoisotopic (exact) mass is 329 g/mol. The highest BCUT2D eigenvalue weighted by molar-refractivity contribution is 7.13. The van der Waals surface area contributed by atoms with Gasteiger partial charge in [0.2, 0.25) is 0 Å². The first kappa shape index (κ1) is 15.2. The Morgan fingerprint density at radius 3 is 3.00 bits per heavy atom. The van der Waals surface area contributed by atoms with Gasteiger partial charge >= 0.3 is 5.97 Å². The molecule has 3 aromatic rings. The Morgan fingerprint density at radius 1 is 1.39 bits per heavy atom. The summed E-state index contributed by atoms with van der Waals surface area (Å²) in [6.45, 7) is 2.57. The van der Waals surface area contributed by atoms with Crippen LogP contribution in [0.4, 0.5) is 5.82 Å². The van der Waals surface area contributed by atoms with Crippen molar-refractivity contribution >= 4 is 23.1 Å². The SMILES string of the molecule is CCOC(=O)c1ccc(NCc2nc(-c3cccs3)n[nH]2)nc1. The Kier molecular flexibility index (Phi) is 4.62. The number of thiophene rings is 1. The molecule has 0 aromatic carbocycles. The Labute approximate surface area is 136 Å². The fraction of sp³-hybridized carbons (Fsp3) is 0.200. The van der Waals surface area contributed by atoms with Crippen LogP contribution in [0, 0.1) is 0 Å². The Bertz CT molecular complexity index is 768. The lowest BCUT2D eigenvalue weighted by Crippen LogP contribution is -2.07. The minimum Gasteiger partial charge on any atom is -0.462 e. The van der Waals surface area contributed by atoms with Gasteiger partial charge in [0.15, 0.2) is 5.82 Å². The Balaban J connectivity index is 1.59. The molecule has 3 heterocycles. The average Bonchev–Trinajstić information content (AvgIpc) is 3.25. The van der Waals surface area contributed by atoms with Gasteiger partial charge in [-0.3, -0.25) is 5.10 Å². The molecule has 23 heavy (non-hydrogen) atoms. The van der Waals surface area contributed by atoms with Gasteiger partial charge in [-0.05, 0) is 30.5 Å². The summed E-state index contributed by atoms with van der Waals surface area (Å²) in [5.41, 5.74) is 0.428. The summed E-state index contributed by atoms with van der Waals surface area (Å²) < 4.78 is 4.91. The predicted octanol–water partition coefficient (Wildman–Crippen LogP) is 2.72. The lowest BCUT2D eigenvalue weighted by Gasteiger charge is -2.04. The summed E-state index contributed by atoms with van der Waals surface area (Å²) >= 11 is 1.59.